The minimum atomic E-state index is -0.667. The number of hydrogen-bond donors (Lipinski definition) is 3. The van der Waals surface area contributed by atoms with Crippen LogP contribution in [0, 0.1) is 0 Å². The fraction of sp³-hybridized carbons (Fsp3) is 0.947. The second-order valence-electron chi connectivity index (χ2n) is 26.3. The van der Waals surface area contributed by atoms with Gasteiger partial charge in [0, 0.05) is 12.8 Å². The Balaban J connectivity index is 3.38. The molecule has 0 aliphatic heterocycles. The molecule has 0 radical (unpaired) electrons. The molecule has 0 aliphatic carbocycles. The summed E-state index contributed by atoms with van der Waals surface area (Å²) in [6, 6.07) is -0.545. The van der Waals surface area contributed by atoms with E-state index in [0.29, 0.717) is 25.9 Å². The van der Waals surface area contributed by atoms with E-state index in [2.05, 4.69) is 31.3 Å². The van der Waals surface area contributed by atoms with Crippen LogP contribution in [-0.4, -0.2) is 47.4 Å². The Morgan fingerprint density at radius 1 is 0.329 bits per heavy atom. The van der Waals surface area contributed by atoms with Crippen LogP contribution in [0.15, 0.2) is 12.2 Å². The van der Waals surface area contributed by atoms with E-state index >= 15 is 0 Å². The monoisotopic (exact) mass is 1160 g/mol. The second kappa shape index (κ2) is 72.1. The van der Waals surface area contributed by atoms with Gasteiger partial charge < -0.3 is 20.3 Å². The standard InChI is InChI=1S/C76H149NO5/c1-3-5-7-9-11-13-15-17-19-21-22-23-24-28-31-34-37-40-44-48-52-56-60-64-68-74(79)73(72-78)77-75(80)69-65-61-57-53-49-45-41-38-35-32-29-26-25-27-30-33-36-39-43-47-51-55-59-63-67-71-82-76(81)70-66-62-58-54-50-46-42-20-18-16-14-12-10-8-6-4-2/h26,29,73-74,78-79H,3-25,27-28,30-72H2,1-2H3,(H,77,80)/b29-26-. The van der Waals surface area contributed by atoms with Crippen LogP contribution in [0.25, 0.3) is 0 Å². The summed E-state index contributed by atoms with van der Waals surface area (Å²) in [6.07, 6.45) is 89.9. The van der Waals surface area contributed by atoms with Gasteiger partial charge in [0.05, 0.1) is 25.4 Å². The van der Waals surface area contributed by atoms with Crippen LogP contribution in [0.2, 0.25) is 0 Å². The first-order chi connectivity index (χ1) is 40.5. The van der Waals surface area contributed by atoms with Gasteiger partial charge in [-0.2, -0.15) is 0 Å². The van der Waals surface area contributed by atoms with Gasteiger partial charge in [-0.1, -0.05) is 386 Å². The summed E-state index contributed by atoms with van der Waals surface area (Å²) in [6.45, 7) is 5.01. The SMILES string of the molecule is CCCCCCCCCCCCCCCCCCCCCCCCCCC(O)C(CO)NC(=O)CCCCCCCCCCC/C=C\CCCCCCCCCCCCCCOC(=O)CCCCCCCCCCCCCCCCCC. The van der Waals surface area contributed by atoms with Gasteiger partial charge in [0.15, 0.2) is 0 Å². The Morgan fingerprint density at radius 2 is 0.573 bits per heavy atom. The number of allylic oxidation sites excluding steroid dienone is 2. The van der Waals surface area contributed by atoms with E-state index in [0.717, 1.165) is 38.5 Å². The smallest absolute Gasteiger partial charge is 0.305 e. The van der Waals surface area contributed by atoms with Crippen molar-refractivity contribution < 1.29 is 24.5 Å². The highest BCUT2D eigenvalue weighted by atomic mass is 16.5. The van der Waals surface area contributed by atoms with E-state index in [-0.39, 0.29) is 18.5 Å². The second-order valence-corrected chi connectivity index (χ2v) is 26.3. The maximum absolute atomic E-state index is 12.6. The molecular weight excluding hydrogens is 1010 g/mol. The Hall–Kier alpha value is -1.40. The maximum Gasteiger partial charge on any atom is 0.305 e. The van der Waals surface area contributed by atoms with Gasteiger partial charge in [0.1, 0.15) is 0 Å². The van der Waals surface area contributed by atoms with Crippen molar-refractivity contribution in [2.24, 2.45) is 0 Å². The first-order valence-corrected chi connectivity index (χ1v) is 37.9. The number of esters is 1. The van der Waals surface area contributed by atoms with Crippen molar-refractivity contribution in [1.29, 1.82) is 0 Å². The zero-order chi connectivity index (χ0) is 59.2. The highest BCUT2D eigenvalue weighted by molar-refractivity contribution is 5.76. The Kier molecular flexibility index (Phi) is 70.8. The molecule has 6 nitrogen and oxygen atoms in total. The molecule has 0 fully saturated rings. The fourth-order valence-corrected chi connectivity index (χ4v) is 12.3. The molecule has 0 rings (SSSR count). The molecule has 0 aromatic heterocycles. The topological polar surface area (TPSA) is 95.9 Å². The first kappa shape index (κ1) is 80.6. The number of rotatable bonds is 72. The number of carbonyl (C=O) groups excluding carboxylic acids is 2. The molecule has 3 N–H and O–H groups in total. The summed E-state index contributed by atoms with van der Waals surface area (Å²) in [7, 11) is 0. The average Bonchev–Trinajstić information content (AvgIpc) is 3.48. The molecule has 6 heteroatoms. The minimum absolute atomic E-state index is 0.0184. The number of amides is 1. The third-order valence-corrected chi connectivity index (χ3v) is 18.1. The van der Waals surface area contributed by atoms with Gasteiger partial charge in [0.25, 0.3) is 0 Å². The largest absolute Gasteiger partial charge is 0.466 e. The van der Waals surface area contributed by atoms with E-state index in [4.69, 9.17) is 4.74 Å². The lowest BCUT2D eigenvalue weighted by atomic mass is 10.0. The Labute approximate surface area is 514 Å². The average molecular weight is 1160 g/mol. The van der Waals surface area contributed by atoms with E-state index in [1.165, 1.54) is 366 Å². The van der Waals surface area contributed by atoms with Crippen molar-refractivity contribution in [3.8, 4) is 0 Å². The quantitative estimate of drug-likeness (QED) is 0.0320. The van der Waals surface area contributed by atoms with E-state index in [1.807, 2.05) is 0 Å². The van der Waals surface area contributed by atoms with Crippen LogP contribution < -0.4 is 5.32 Å². The fourth-order valence-electron chi connectivity index (χ4n) is 12.3. The highest BCUT2D eigenvalue weighted by Gasteiger charge is 2.20. The minimum Gasteiger partial charge on any atom is -0.466 e. The first-order valence-electron chi connectivity index (χ1n) is 37.9. The molecular formula is C76H149NO5. The van der Waals surface area contributed by atoms with E-state index in [1.54, 1.807) is 0 Å². The Bertz CT molecular complexity index is 1240. The molecule has 0 bridgehead atoms. The number of aliphatic hydroxyl groups excluding tert-OH is 2. The predicted octanol–water partition coefficient (Wildman–Crippen LogP) is 24.7. The van der Waals surface area contributed by atoms with Crippen LogP contribution >= 0.6 is 0 Å². The summed E-state index contributed by atoms with van der Waals surface area (Å²) in [4.78, 5) is 24.7. The molecule has 0 aromatic rings. The van der Waals surface area contributed by atoms with Gasteiger partial charge in [-0.25, -0.2) is 0 Å². The van der Waals surface area contributed by atoms with Crippen molar-refractivity contribution in [3.63, 3.8) is 0 Å². The van der Waals surface area contributed by atoms with Crippen molar-refractivity contribution in [3.05, 3.63) is 12.2 Å². The third-order valence-electron chi connectivity index (χ3n) is 18.1. The molecule has 0 saturated carbocycles. The molecule has 488 valence electrons. The summed E-state index contributed by atoms with van der Waals surface area (Å²) < 4.78 is 5.50. The number of aliphatic hydroxyl groups is 2. The molecule has 2 atom stereocenters. The number of unbranched alkanes of at least 4 members (excludes halogenated alkanes) is 59. The van der Waals surface area contributed by atoms with Crippen LogP contribution in [0.1, 0.15) is 438 Å². The van der Waals surface area contributed by atoms with Gasteiger partial charge in [0.2, 0.25) is 5.91 Å². The maximum atomic E-state index is 12.6. The lowest BCUT2D eigenvalue weighted by Crippen LogP contribution is -2.45. The van der Waals surface area contributed by atoms with E-state index in [9.17, 15) is 19.8 Å². The van der Waals surface area contributed by atoms with Gasteiger partial charge in [-0.15, -0.1) is 0 Å². The number of ether oxygens (including phenoxy) is 1. The van der Waals surface area contributed by atoms with Crippen molar-refractivity contribution in [2.45, 2.75) is 450 Å². The van der Waals surface area contributed by atoms with Gasteiger partial charge in [-0.3, -0.25) is 9.59 Å². The lowest BCUT2D eigenvalue weighted by Gasteiger charge is -2.22. The molecule has 1 amide bonds. The summed E-state index contributed by atoms with van der Waals surface area (Å²) in [5.41, 5.74) is 0. The molecule has 0 aromatic carbocycles. The molecule has 2 unspecified atom stereocenters. The molecule has 82 heavy (non-hydrogen) atoms. The van der Waals surface area contributed by atoms with Crippen LogP contribution in [-0.2, 0) is 14.3 Å². The van der Waals surface area contributed by atoms with Crippen molar-refractivity contribution in [1.82, 2.24) is 5.32 Å². The molecule has 0 saturated heterocycles. The van der Waals surface area contributed by atoms with Crippen LogP contribution in [0.4, 0.5) is 0 Å². The Morgan fingerprint density at radius 3 is 0.866 bits per heavy atom. The highest BCUT2D eigenvalue weighted by Crippen LogP contribution is 2.20. The summed E-state index contributed by atoms with van der Waals surface area (Å²) in [5, 5.41) is 23.5. The lowest BCUT2D eigenvalue weighted by molar-refractivity contribution is -0.143. The zero-order valence-electron chi connectivity index (χ0n) is 56.0. The molecule has 0 aliphatic rings. The van der Waals surface area contributed by atoms with Crippen molar-refractivity contribution in [2.75, 3.05) is 13.2 Å². The summed E-state index contributed by atoms with van der Waals surface area (Å²) in [5.74, 6) is -0.0139. The van der Waals surface area contributed by atoms with Crippen LogP contribution in [0.5, 0.6) is 0 Å². The van der Waals surface area contributed by atoms with E-state index < -0.39 is 12.1 Å². The number of nitrogens with one attached hydrogen (secondary N) is 1. The molecule has 0 heterocycles. The zero-order valence-corrected chi connectivity index (χ0v) is 56.0. The van der Waals surface area contributed by atoms with Gasteiger partial charge in [-0.05, 0) is 51.4 Å². The number of hydrogen-bond acceptors (Lipinski definition) is 5. The van der Waals surface area contributed by atoms with Gasteiger partial charge >= 0.3 is 5.97 Å². The molecule has 0 spiro atoms. The third kappa shape index (κ3) is 67.7. The summed E-state index contributed by atoms with van der Waals surface area (Å²) >= 11 is 0. The van der Waals surface area contributed by atoms with Crippen molar-refractivity contribution >= 4 is 11.9 Å². The normalized spacial score (nSPS) is 12.5. The van der Waals surface area contributed by atoms with Crippen LogP contribution in [0.3, 0.4) is 0 Å². The predicted molar refractivity (Wildman–Crippen MR) is 361 cm³/mol. The number of carbonyl (C=O) groups is 2.